The van der Waals surface area contributed by atoms with Crippen molar-refractivity contribution in [2.24, 2.45) is 0 Å². The first kappa shape index (κ1) is 21.6. The number of amides is 1. The number of rotatable bonds is 8. The second-order valence-corrected chi connectivity index (χ2v) is 8.20. The Bertz CT molecular complexity index is 961. The molecule has 28 heavy (non-hydrogen) atoms. The lowest BCUT2D eigenvalue weighted by Crippen LogP contribution is -2.23. The van der Waals surface area contributed by atoms with Crippen LogP contribution in [0.25, 0.3) is 0 Å². The van der Waals surface area contributed by atoms with E-state index in [2.05, 4.69) is 5.32 Å². The van der Waals surface area contributed by atoms with Gasteiger partial charge in [-0.05, 0) is 42.8 Å². The van der Waals surface area contributed by atoms with Crippen LogP contribution in [0.15, 0.2) is 41.3 Å². The van der Waals surface area contributed by atoms with Crippen LogP contribution in [0.3, 0.4) is 0 Å². The summed E-state index contributed by atoms with van der Waals surface area (Å²) < 4.78 is 50.1. The van der Waals surface area contributed by atoms with Crippen molar-refractivity contribution in [2.75, 3.05) is 33.1 Å². The van der Waals surface area contributed by atoms with Crippen molar-refractivity contribution in [3.63, 3.8) is 0 Å². The highest BCUT2D eigenvalue weighted by molar-refractivity contribution is 7.89. The largest absolute Gasteiger partial charge is 0.494 e. The zero-order valence-corrected chi connectivity index (χ0v) is 17.0. The topological polar surface area (TPSA) is 84.9 Å². The molecule has 0 unspecified atom stereocenters. The van der Waals surface area contributed by atoms with E-state index in [1.807, 2.05) is 0 Å². The van der Waals surface area contributed by atoms with Crippen molar-refractivity contribution in [2.45, 2.75) is 18.2 Å². The molecule has 0 aliphatic carbocycles. The summed E-state index contributed by atoms with van der Waals surface area (Å²) in [6.07, 6.45) is -0.0795. The third kappa shape index (κ3) is 4.99. The van der Waals surface area contributed by atoms with Crippen LogP contribution in [0.1, 0.15) is 12.5 Å². The van der Waals surface area contributed by atoms with Crippen LogP contribution < -0.4 is 14.8 Å². The van der Waals surface area contributed by atoms with Gasteiger partial charge in [-0.3, -0.25) is 4.79 Å². The summed E-state index contributed by atoms with van der Waals surface area (Å²) >= 11 is 0. The lowest BCUT2D eigenvalue weighted by Gasteiger charge is -2.16. The summed E-state index contributed by atoms with van der Waals surface area (Å²) in [5.41, 5.74) is 0.755. The monoisotopic (exact) mass is 410 g/mol. The van der Waals surface area contributed by atoms with Gasteiger partial charge in [-0.1, -0.05) is 6.07 Å². The van der Waals surface area contributed by atoms with Crippen LogP contribution in [0.2, 0.25) is 0 Å². The maximum absolute atomic E-state index is 13.8. The number of carbonyl (C=O) groups is 1. The molecule has 0 spiro atoms. The van der Waals surface area contributed by atoms with Crippen molar-refractivity contribution < 1.29 is 27.1 Å². The fraction of sp³-hybridized carbons (Fsp3) is 0.316. The van der Waals surface area contributed by atoms with E-state index in [4.69, 9.17) is 9.47 Å². The third-order valence-corrected chi connectivity index (χ3v) is 5.70. The maximum atomic E-state index is 13.8. The fourth-order valence-corrected chi connectivity index (χ4v) is 3.52. The van der Waals surface area contributed by atoms with E-state index in [-0.39, 0.29) is 22.8 Å². The molecule has 2 aromatic rings. The molecule has 7 nitrogen and oxygen atoms in total. The smallest absolute Gasteiger partial charge is 0.246 e. The van der Waals surface area contributed by atoms with E-state index in [0.717, 1.165) is 4.31 Å². The maximum Gasteiger partial charge on any atom is 0.246 e. The van der Waals surface area contributed by atoms with Crippen LogP contribution >= 0.6 is 0 Å². The van der Waals surface area contributed by atoms with Crippen molar-refractivity contribution in [1.29, 1.82) is 0 Å². The molecule has 0 aliphatic heterocycles. The van der Waals surface area contributed by atoms with Crippen LogP contribution in [0, 0.1) is 5.82 Å². The number of nitrogens with one attached hydrogen (secondary N) is 1. The summed E-state index contributed by atoms with van der Waals surface area (Å²) in [7, 11) is 0.413. The van der Waals surface area contributed by atoms with Gasteiger partial charge in [-0.15, -0.1) is 0 Å². The lowest BCUT2D eigenvalue weighted by molar-refractivity contribution is -0.115. The first-order valence-corrected chi connectivity index (χ1v) is 9.94. The van der Waals surface area contributed by atoms with E-state index in [1.165, 1.54) is 45.5 Å². The second-order valence-electron chi connectivity index (χ2n) is 6.08. The van der Waals surface area contributed by atoms with Gasteiger partial charge in [0.1, 0.15) is 10.6 Å². The first-order chi connectivity index (χ1) is 13.2. The minimum absolute atomic E-state index is 0.0485. The van der Waals surface area contributed by atoms with Crippen molar-refractivity contribution in [3.8, 4) is 11.5 Å². The molecule has 0 heterocycles. The molecule has 152 valence electrons. The van der Waals surface area contributed by atoms with E-state index in [1.54, 1.807) is 19.1 Å². The second kappa shape index (κ2) is 9.03. The molecular weight excluding hydrogens is 387 g/mol. The highest BCUT2D eigenvalue weighted by atomic mass is 32.2. The standard InChI is InChI=1S/C19H23FN2O5S/c1-5-27-17-9-7-14(12-18(17)28(24,25)22(2)3)21-19(23)11-13-6-8-16(26-4)15(20)10-13/h6-10,12H,5,11H2,1-4H3,(H,21,23). The van der Waals surface area contributed by atoms with Gasteiger partial charge >= 0.3 is 0 Å². The molecule has 9 heteroatoms. The lowest BCUT2D eigenvalue weighted by atomic mass is 10.1. The molecular formula is C19H23FN2O5S. The average Bonchev–Trinajstić information content (AvgIpc) is 2.63. The number of hydrogen-bond acceptors (Lipinski definition) is 5. The Kier molecular flexibility index (Phi) is 6.98. The van der Waals surface area contributed by atoms with Crippen molar-refractivity contribution >= 4 is 21.6 Å². The van der Waals surface area contributed by atoms with Gasteiger partial charge in [0.25, 0.3) is 0 Å². The quantitative estimate of drug-likeness (QED) is 0.723. The molecule has 0 radical (unpaired) electrons. The fourth-order valence-electron chi connectivity index (χ4n) is 2.47. The van der Waals surface area contributed by atoms with E-state index in [9.17, 15) is 17.6 Å². The van der Waals surface area contributed by atoms with Gasteiger partial charge in [0.05, 0.1) is 20.1 Å². The highest BCUT2D eigenvalue weighted by Gasteiger charge is 2.23. The molecule has 0 atom stereocenters. The third-order valence-electron chi connectivity index (χ3n) is 3.87. The Balaban J connectivity index is 2.23. The predicted molar refractivity (Wildman–Crippen MR) is 104 cm³/mol. The van der Waals surface area contributed by atoms with Crippen LogP contribution in [-0.2, 0) is 21.2 Å². The minimum Gasteiger partial charge on any atom is -0.494 e. The number of hydrogen-bond donors (Lipinski definition) is 1. The number of ether oxygens (including phenoxy) is 2. The molecule has 0 aromatic heterocycles. The Hall–Kier alpha value is -2.65. The molecule has 0 saturated heterocycles. The summed E-state index contributed by atoms with van der Waals surface area (Å²) in [5.74, 6) is -0.684. The summed E-state index contributed by atoms with van der Waals surface area (Å²) in [4.78, 5) is 12.2. The summed E-state index contributed by atoms with van der Waals surface area (Å²) in [6, 6.07) is 8.62. The van der Waals surface area contributed by atoms with E-state index in [0.29, 0.717) is 17.9 Å². The van der Waals surface area contributed by atoms with E-state index < -0.39 is 21.7 Å². The SMILES string of the molecule is CCOc1ccc(NC(=O)Cc2ccc(OC)c(F)c2)cc1S(=O)(=O)N(C)C. The average molecular weight is 410 g/mol. The molecule has 0 saturated carbocycles. The van der Waals surface area contributed by atoms with E-state index >= 15 is 0 Å². The van der Waals surface area contributed by atoms with Gasteiger partial charge in [0.15, 0.2) is 11.6 Å². The number of sulfonamides is 1. The first-order valence-electron chi connectivity index (χ1n) is 8.50. The Morgan fingerprint density at radius 2 is 1.82 bits per heavy atom. The van der Waals surface area contributed by atoms with Gasteiger partial charge in [-0.2, -0.15) is 0 Å². The highest BCUT2D eigenvalue weighted by Crippen LogP contribution is 2.29. The van der Waals surface area contributed by atoms with Gasteiger partial charge in [0, 0.05) is 19.8 Å². The number of halogens is 1. The zero-order chi connectivity index (χ0) is 20.9. The number of carbonyl (C=O) groups excluding carboxylic acids is 1. The number of nitrogens with zero attached hydrogens (tertiary/aromatic N) is 1. The van der Waals surface area contributed by atoms with Crippen LogP contribution in [0.4, 0.5) is 10.1 Å². The minimum atomic E-state index is -3.77. The van der Waals surface area contributed by atoms with Gasteiger partial charge < -0.3 is 14.8 Å². The summed E-state index contributed by atoms with van der Waals surface area (Å²) in [5, 5.41) is 2.63. The zero-order valence-electron chi connectivity index (χ0n) is 16.2. The molecule has 1 amide bonds. The Labute approximate surface area is 164 Å². The molecule has 0 bridgehead atoms. The van der Waals surface area contributed by atoms with Gasteiger partial charge in [-0.25, -0.2) is 17.1 Å². The predicted octanol–water partition coefficient (Wildman–Crippen LogP) is 2.66. The van der Waals surface area contributed by atoms with Crippen LogP contribution in [-0.4, -0.2) is 46.4 Å². The molecule has 0 aliphatic rings. The van der Waals surface area contributed by atoms with Crippen LogP contribution in [0.5, 0.6) is 11.5 Å². The molecule has 2 aromatic carbocycles. The van der Waals surface area contributed by atoms with Crippen molar-refractivity contribution in [1.82, 2.24) is 4.31 Å². The Morgan fingerprint density at radius 3 is 2.39 bits per heavy atom. The molecule has 0 fully saturated rings. The summed E-state index contributed by atoms with van der Waals surface area (Å²) in [6.45, 7) is 2.04. The number of anilines is 1. The van der Waals surface area contributed by atoms with Crippen molar-refractivity contribution in [3.05, 3.63) is 47.8 Å². The number of methoxy groups -OCH3 is 1. The normalized spacial score (nSPS) is 11.4. The Morgan fingerprint density at radius 1 is 1.14 bits per heavy atom. The van der Waals surface area contributed by atoms with Gasteiger partial charge in [0.2, 0.25) is 15.9 Å². The number of benzene rings is 2. The molecule has 2 rings (SSSR count). The molecule has 1 N–H and O–H groups in total.